The molecule has 276 valence electrons. The summed E-state index contributed by atoms with van der Waals surface area (Å²) >= 11 is 0. The minimum Gasteiger partial charge on any atom is -0.494 e. The predicted octanol–water partition coefficient (Wildman–Crippen LogP) is 3.05. The number of aldehydes is 1. The molecule has 0 radical (unpaired) electrons. The van der Waals surface area contributed by atoms with Gasteiger partial charge >= 0.3 is 11.9 Å². The third kappa shape index (κ3) is 22.3. The SMILES string of the molecule is N[C@H](C=O)CCCCNC(=O)[C@@H](N)CCCCNC(=O)CC[C@H](NC(=O)CCCCCCCCCCOc1ccc(C(=O)O)cc1)C(=O)O. The quantitative estimate of drug-likeness (QED) is 0.0457. The molecule has 0 heterocycles. The predicted molar refractivity (Wildman–Crippen MR) is 185 cm³/mol. The van der Waals surface area contributed by atoms with E-state index in [9.17, 15) is 33.9 Å². The first-order chi connectivity index (χ1) is 23.5. The second kappa shape index (κ2) is 26.9. The Morgan fingerprint density at radius 1 is 0.694 bits per heavy atom. The van der Waals surface area contributed by atoms with E-state index in [1.165, 1.54) is 12.1 Å². The first-order valence-corrected chi connectivity index (χ1v) is 17.5. The van der Waals surface area contributed by atoms with Crippen LogP contribution in [0.3, 0.4) is 0 Å². The Hall–Kier alpha value is -4.04. The number of amides is 3. The zero-order valence-electron chi connectivity index (χ0n) is 28.7. The van der Waals surface area contributed by atoms with Crippen molar-refractivity contribution in [2.45, 2.75) is 127 Å². The number of hydrogen-bond acceptors (Lipinski definition) is 9. The standard InChI is InChI=1S/C35H57N5O9/c36-27(25-41)13-8-10-23-39-33(44)29(37)14-9-11-22-38-31(42)21-20-30(35(47)48)40-32(43)15-7-5-3-1-2-4-6-12-24-49-28-18-16-26(17-19-28)34(45)46/h16-19,25,27,29-30H,1-15,20-24,36-37H2,(H,38,42)(H,39,44)(H,40,43)(H,45,46)(H,47,48)/t27-,29-,30-/m0/s1. The molecule has 14 nitrogen and oxygen atoms in total. The van der Waals surface area contributed by atoms with Crippen LogP contribution in [0.1, 0.15) is 120 Å². The summed E-state index contributed by atoms with van der Waals surface area (Å²) in [4.78, 5) is 69.6. The number of aliphatic carboxylic acids is 1. The first-order valence-electron chi connectivity index (χ1n) is 17.5. The van der Waals surface area contributed by atoms with Crippen LogP contribution in [0.25, 0.3) is 0 Å². The summed E-state index contributed by atoms with van der Waals surface area (Å²) in [5.74, 6) is -2.39. The van der Waals surface area contributed by atoms with E-state index < -0.39 is 30.1 Å². The number of ether oxygens (including phenoxy) is 1. The summed E-state index contributed by atoms with van der Waals surface area (Å²) in [6.07, 6.45) is 12.3. The lowest BCUT2D eigenvalue weighted by atomic mass is 10.1. The zero-order chi connectivity index (χ0) is 36.3. The Labute approximate surface area is 289 Å². The molecule has 9 N–H and O–H groups in total. The van der Waals surface area contributed by atoms with Gasteiger partial charge in [0.15, 0.2) is 0 Å². The number of nitrogens with two attached hydrogens (primary N) is 2. The topological polar surface area (TPSA) is 240 Å². The van der Waals surface area contributed by atoms with Gasteiger partial charge in [-0.15, -0.1) is 0 Å². The molecule has 1 rings (SSSR count). The second-order valence-electron chi connectivity index (χ2n) is 12.3. The zero-order valence-corrected chi connectivity index (χ0v) is 28.7. The molecular formula is C35H57N5O9. The van der Waals surface area contributed by atoms with Crippen LogP contribution in [0.5, 0.6) is 5.75 Å². The number of hydrogen-bond donors (Lipinski definition) is 7. The van der Waals surface area contributed by atoms with Crippen molar-refractivity contribution in [3.8, 4) is 5.75 Å². The van der Waals surface area contributed by atoms with Crippen molar-refractivity contribution in [3.63, 3.8) is 0 Å². The van der Waals surface area contributed by atoms with E-state index in [-0.39, 0.29) is 42.5 Å². The molecule has 3 atom stereocenters. The highest BCUT2D eigenvalue weighted by atomic mass is 16.5. The Balaban J connectivity index is 2.04. The van der Waals surface area contributed by atoms with Crippen molar-refractivity contribution >= 4 is 35.9 Å². The summed E-state index contributed by atoms with van der Waals surface area (Å²) in [5.41, 5.74) is 11.7. The number of aromatic carboxylic acids is 1. The van der Waals surface area contributed by atoms with Gasteiger partial charge < -0.3 is 47.2 Å². The third-order valence-corrected chi connectivity index (χ3v) is 8.00. The normalized spacial score (nSPS) is 12.7. The number of unbranched alkanes of at least 4 members (excludes halogenated alkanes) is 9. The van der Waals surface area contributed by atoms with E-state index in [1.807, 2.05) is 0 Å². The Morgan fingerprint density at radius 3 is 1.90 bits per heavy atom. The van der Waals surface area contributed by atoms with Crippen LogP contribution in [0, 0.1) is 0 Å². The Kier molecular flexibility index (Phi) is 23.6. The van der Waals surface area contributed by atoms with Crippen molar-refractivity contribution < 1.29 is 43.7 Å². The summed E-state index contributed by atoms with van der Waals surface area (Å²) in [7, 11) is 0. The van der Waals surface area contributed by atoms with E-state index in [0.717, 1.165) is 51.4 Å². The van der Waals surface area contributed by atoms with E-state index >= 15 is 0 Å². The van der Waals surface area contributed by atoms with Crippen LogP contribution in [-0.2, 0) is 24.0 Å². The summed E-state index contributed by atoms with van der Waals surface area (Å²) in [6, 6.07) is 4.08. The summed E-state index contributed by atoms with van der Waals surface area (Å²) in [5, 5.41) is 26.4. The highest BCUT2D eigenvalue weighted by molar-refractivity contribution is 5.87. The molecule has 0 fully saturated rings. The van der Waals surface area contributed by atoms with Crippen LogP contribution < -0.4 is 32.2 Å². The molecule has 49 heavy (non-hydrogen) atoms. The fourth-order valence-electron chi connectivity index (χ4n) is 4.98. The van der Waals surface area contributed by atoms with Crippen molar-refractivity contribution in [2.24, 2.45) is 11.5 Å². The average Bonchev–Trinajstić information content (AvgIpc) is 3.08. The largest absolute Gasteiger partial charge is 0.494 e. The molecule has 0 aromatic heterocycles. The monoisotopic (exact) mass is 691 g/mol. The van der Waals surface area contributed by atoms with Gasteiger partial charge in [0.25, 0.3) is 0 Å². The number of carboxylic acids is 2. The molecule has 3 amide bonds. The van der Waals surface area contributed by atoms with Crippen molar-refractivity contribution in [2.75, 3.05) is 19.7 Å². The van der Waals surface area contributed by atoms with Gasteiger partial charge in [-0.3, -0.25) is 14.4 Å². The molecule has 0 bridgehead atoms. The van der Waals surface area contributed by atoms with Gasteiger partial charge in [-0.2, -0.15) is 0 Å². The smallest absolute Gasteiger partial charge is 0.335 e. The van der Waals surface area contributed by atoms with Gasteiger partial charge in [0.2, 0.25) is 17.7 Å². The molecule has 0 unspecified atom stereocenters. The second-order valence-corrected chi connectivity index (χ2v) is 12.3. The fourth-order valence-corrected chi connectivity index (χ4v) is 4.98. The number of benzene rings is 1. The number of carbonyl (C=O) groups excluding carboxylic acids is 4. The molecule has 14 heteroatoms. The van der Waals surface area contributed by atoms with Crippen LogP contribution in [0.15, 0.2) is 24.3 Å². The molecule has 1 aromatic rings. The lowest BCUT2D eigenvalue weighted by molar-refractivity contribution is -0.142. The molecule has 0 spiro atoms. The van der Waals surface area contributed by atoms with Crippen LogP contribution in [-0.4, -0.2) is 84.0 Å². The Bertz CT molecular complexity index is 1130. The molecule has 0 aliphatic carbocycles. The van der Waals surface area contributed by atoms with Gasteiger partial charge in [-0.1, -0.05) is 38.5 Å². The number of nitrogens with one attached hydrogen (secondary N) is 3. The van der Waals surface area contributed by atoms with Crippen molar-refractivity contribution in [1.82, 2.24) is 16.0 Å². The van der Waals surface area contributed by atoms with E-state index in [4.69, 9.17) is 21.3 Å². The van der Waals surface area contributed by atoms with Crippen LogP contribution in [0.4, 0.5) is 0 Å². The third-order valence-electron chi connectivity index (χ3n) is 8.00. The lowest BCUT2D eigenvalue weighted by Gasteiger charge is -2.15. The van der Waals surface area contributed by atoms with Gasteiger partial charge in [-0.05, 0) is 82.1 Å². The molecule has 0 aliphatic heterocycles. The van der Waals surface area contributed by atoms with Crippen LogP contribution in [0.2, 0.25) is 0 Å². The minimum absolute atomic E-state index is 0.0128. The van der Waals surface area contributed by atoms with Crippen molar-refractivity contribution in [1.29, 1.82) is 0 Å². The van der Waals surface area contributed by atoms with Gasteiger partial charge in [0.05, 0.1) is 24.3 Å². The van der Waals surface area contributed by atoms with E-state index in [0.29, 0.717) is 70.3 Å². The van der Waals surface area contributed by atoms with Crippen LogP contribution >= 0.6 is 0 Å². The number of rotatable bonds is 30. The lowest BCUT2D eigenvalue weighted by Crippen LogP contribution is -2.41. The van der Waals surface area contributed by atoms with E-state index in [2.05, 4.69) is 16.0 Å². The fraction of sp³-hybridized carbons (Fsp3) is 0.657. The average molecular weight is 692 g/mol. The maximum absolute atomic E-state index is 12.3. The number of carboxylic acid groups (broad SMARTS) is 2. The van der Waals surface area contributed by atoms with Gasteiger partial charge in [-0.25, -0.2) is 9.59 Å². The maximum Gasteiger partial charge on any atom is 0.335 e. The van der Waals surface area contributed by atoms with Crippen molar-refractivity contribution in [3.05, 3.63) is 29.8 Å². The summed E-state index contributed by atoms with van der Waals surface area (Å²) in [6.45, 7) is 1.41. The Morgan fingerprint density at radius 2 is 1.29 bits per heavy atom. The highest BCUT2D eigenvalue weighted by Gasteiger charge is 2.21. The maximum atomic E-state index is 12.3. The highest BCUT2D eigenvalue weighted by Crippen LogP contribution is 2.14. The molecule has 1 aromatic carbocycles. The molecule has 0 saturated heterocycles. The van der Waals surface area contributed by atoms with Gasteiger partial charge in [0.1, 0.15) is 18.1 Å². The molecule has 0 saturated carbocycles. The van der Waals surface area contributed by atoms with E-state index in [1.54, 1.807) is 12.1 Å². The molecule has 0 aliphatic rings. The van der Waals surface area contributed by atoms with Gasteiger partial charge in [0, 0.05) is 25.9 Å². The summed E-state index contributed by atoms with van der Waals surface area (Å²) < 4.78 is 5.64. The minimum atomic E-state index is -1.18. The molecular weight excluding hydrogens is 634 g/mol. The number of carbonyl (C=O) groups is 6. The first kappa shape index (κ1) is 43.0.